The molecule has 1 aromatic carbocycles. The molecule has 0 aliphatic carbocycles. The van der Waals surface area contributed by atoms with Crippen molar-refractivity contribution in [2.75, 3.05) is 19.6 Å². The van der Waals surface area contributed by atoms with Crippen LogP contribution in [-0.4, -0.2) is 47.7 Å². The van der Waals surface area contributed by atoms with Crippen LogP contribution in [-0.2, 0) is 21.9 Å². The van der Waals surface area contributed by atoms with Crippen molar-refractivity contribution in [3.63, 3.8) is 0 Å². The van der Waals surface area contributed by atoms with E-state index < -0.39 is 21.7 Å². The second-order valence-corrected chi connectivity index (χ2v) is 10.6. The maximum absolute atomic E-state index is 13.6. The second kappa shape index (κ2) is 9.31. The summed E-state index contributed by atoms with van der Waals surface area (Å²) in [5.74, 6) is -2.43. The Hall–Kier alpha value is -2.26. The second-order valence-electron chi connectivity index (χ2n) is 8.69. The lowest BCUT2D eigenvalue weighted by molar-refractivity contribution is -0.139. The minimum Gasteiger partial charge on any atom is -0.353 e. The number of likely N-dealkylation sites (tertiary alicyclic amines) is 1. The fourth-order valence-corrected chi connectivity index (χ4v) is 6.35. The summed E-state index contributed by atoms with van der Waals surface area (Å²) >= 11 is 0. The summed E-state index contributed by atoms with van der Waals surface area (Å²) in [7, 11) is -1.94. The third-order valence-electron chi connectivity index (χ3n) is 6.69. The number of rotatable bonds is 4. The molecule has 9 heteroatoms. The van der Waals surface area contributed by atoms with Crippen LogP contribution in [0.5, 0.6) is 0 Å². The highest BCUT2D eigenvalue weighted by Crippen LogP contribution is 2.34. The number of benzene rings is 1. The van der Waals surface area contributed by atoms with Gasteiger partial charge in [-0.15, -0.1) is 0 Å². The van der Waals surface area contributed by atoms with Crippen molar-refractivity contribution in [3.8, 4) is 0 Å². The van der Waals surface area contributed by atoms with E-state index in [2.05, 4.69) is 10.6 Å². The topological polar surface area (TPSA) is 62.6 Å². The van der Waals surface area contributed by atoms with Crippen LogP contribution >= 0.6 is 0 Å². The molecule has 2 aromatic rings. The molecule has 3 heterocycles. The molecule has 0 spiro atoms. The highest BCUT2D eigenvalue weighted by Gasteiger charge is 2.37. The molecule has 1 atom stereocenters. The van der Waals surface area contributed by atoms with E-state index in [0.29, 0.717) is 25.5 Å². The van der Waals surface area contributed by atoms with Gasteiger partial charge < -0.3 is 9.47 Å². The van der Waals surface area contributed by atoms with Crippen LogP contribution in [0.25, 0.3) is 0 Å². The molecule has 0 radical (unpaired) electrons. The predicted octanol–water partition coefficient (Wildman–Crippen LogP) is 3.85. The molecular formula is C23H29F2N3O3S. The summed E-state index contributed by atoms with van der Waals surface area (Å²) in [4.78, 5) is 15.2. The van der Waals surface area contributed by atoms with Gasteiger partial charge in [0.2, 0.25) is 15.9 Å². The SMILES string of the molecule is Cn1cccc1C1CCCCCN1C(=O)C1CCN(S(=O)(=O)c2ccc(F)c(F)c2)CC1. The van der Waals surface area contributed by atoms with Gasteiger partial charge in [-0.2, -0.15) is 4.31 Å². The van der Waals surface area contributed by atoms with Gasteiger partial charge in [0, 0.05) is 44.5 Å². The zero-order valence-corrected chi connectivity index (χ0v) is 19.0. The number of nitrogens with zero attached hydrogens (tertiary/aromatic N) is 3. The number of aromatic nitrogens is 1. The Kier molecular flexibility index (Phi) is 6.67. The molecule has 2 aliphatic rings. The first kappa shape index (κ1) is 22.9. The quantitative estimate of drug-likeness (QED) is 0.689. The lowest BCUT2D eigenvalue weighted by atomic mass is 9.95. The van der Waals surface area contributed by atoms with Gasteiger partial charge in [0.15, 0.2) is 11.6 Å². The van der Waals surface area contributed by atoms with Gasteiger partial charge in [-0.05, 0) is 56.0 Å². The number of halogens is 2. The van der Waals surface area contributed by atoms with Crippen LogP contribution < -0.4 is 0 Å². The van der Waals surface area contributed by atoms with Crippen molar-refractivity contribution in [2.45, 2.75) is 49.5 Å². The Morgan fingerprint density at radius 3 is 2.38 bits per heavy atom. The summed E-state index contributed by atoms with van der Waals surface area (Å²) in [6.07, 6.45) is 6.88. The van der Waals surface area contributed by atoms with Crippen molar-refractivity contribution >= 4 is 15.9 Å². The molecule has 2 fully saturated rings. The van der Waals surface area contributed by atoms with E-state index in [9.17, 15) is 22.0 Å². The Balaban J connectivity index is 1.46. The third kappa shape index (κ3) is 4.45. The van der Waals surface area contributed by atoms with Crippen molar-refractivity contribution < 1.29 is 22.0 Å². The number of aryl methyl sites for hydroxylation is 1. The van der Waals surface area contributed by atoms with E-state index in [4.69, 9.17) is 0 Å². The molecule has 2 aliphatic heterocycles. The number of piperidine rings is 1. The first-order valence-electron chi connectivity index (χ1n) is 11.2. The van der Waals surface area contributed by atoms with E-state index >= 15 is 0 Å². The average Bonchev–Trinajstić information content (AvgIpc) is 3.06. The van der Waals surface area contributed by atoms with Gasteiger partial charge in [0.25, 0.3) is 0 Å². The molecule has 32 heavy (non-hydrogen) atoms. The molecule has 1 unspecified atom stereocenters. The Morgan fingerprint density at radius 2 is 1.72 bits per heavy atom. The van der Waals surface area contributed by atoms with Gasteiger partial charge in [0.05, 0.1) is 10.9 Å². The fourth-order valence-electron chi connectivity index (χ4n) is 4.86. The van der Waals surface area contributed by atoms with Crippen LogP contribution in [0.3, 0.4) is 0 Å². The van der Waals surface area contributed by atoms with Gasteiger partial charge >= 0.3 is 0 Å². The van der Waals surface area contributed by atoms with Crippen LogP contribution in [0.4, 0.5) is 8.78 Å². The van der Waals surface area contributed by atoms with Crippen molar-refractivity contribution in [1.29, 1.82) is 0 Å². The van der Waals surface area contributed by atoms with Crippen LogP contribution in [0.15, 0.2) is 41.4 Å². The zero-order valence-electron chi connectivity index (χ0n) is 18.2. The smallest absolute Gasteiger partial charge is 0.243 e. The highest BCUT2D eigenvalue weighted by atomic mass is 32.2. The molecular weight excluding hydrogens is 436 g/mol. The van der Waals surface area contributed by atoms with Crippen molar-refractivity contribution in [1.82, 2.24) is 13.8 Å². The van der Waals surface area contributed by atoms with Crippen molar-refractivity contribution in [3.05, 3.63) is 53.9 Å². The molecule has 6 nitrogen and oxygen atoms in total. The molecule has 0 saturated carbocycles. The summed E-state index contributed by atoms with van der Waals surface area (Å²) in [5.41, 5.74) is 1.12. The van der Waals surface area contributed by atoms with E-state index in [1.54, 1.807) is 0 Å². The number of amides is 1. The van der Waals surface area contributed by atoms with Gasteiger partial charge in [-0.3, -0.25) is 4.79 Å². The first-order valence-corrected chi connectivity index (χ1v) is 12.6. The predicted molar refractivity (Wildman–Crippen MR) is 116 cm³/mol. The summed E-state index contributed by atoms with van der Waals surface area (Å²) < 4.78 is 55.8. The summed E-state index contributed by atoms with van der Waals surface area (Å²) in [5, 5.41) is 0. The van der Waals surface area contributed by atoms with Crippen LogP contribution in [0, 0.1) is 17.6 Å². The maximum atomic E-state index is 13.6. The molecule has 4 rings (SSSR count). The van der Waals surface area contributed by atoms with Crippen molar-refractivity contribution in [2.24, 2.45) is 13.0 Å². The first-order chi connectivity index (χ1) is 15.3. The van der Waals surface area contributed by atoms with E-state index in [0.717, 1.165) is 43.5 Å². The number of carbonyl (C=O) groups is 1. The van der Waals surface area contributed by atoms with Crippen LogP contribution in [0.1, 0.15) is 50.3 Å². The Morgan fingerprint density at radius 1 is 0.969 bits per heavy atom. The molecule has 0 bridgehead atoms. The Labute approximate surface area is 187 Å². The molecule has 0 N–H and O–H groups in total. The van der Waals surface area contributed by atoms with Gasteiger partial charge in [0.1, 0.15) is 0 Å². The van der Waals surface area contributed by atoms with Crippen LogP contribution in [0.2, 0.25) is 0 Å². The Bertz CT molecular complexity index is 1080. The minimum absolute atomic E-state index is 0.0361. The average molecular weight is 466 g/mol. The number of sulfonamides is 1. The van der Waals surface area contributed by atoms with Gasteiger partial charge in [-0.1, -0.05) is 12.8 Å². The highest BCUT2D eigenvalue weighted by molar-refractivity contribution is 7.89. The molecule has 1 aromatic heterocycles. The third-order valence-corrected chi connectivity index (χ3v) is 8.59. The number of hydrogen-bond donors (Lipinski definition) is 0. The monoisotopic (exact) mass is 465 g/mol. The van der Waals surface area contributed by atoms with E-state index in [-0.39, 0.29) is 35.9 Å². The summed E-state index contributed by atoms with van der Waals surface area (Å²) in [6, 6.07) is 6.70. The zero-order chi connectivity index (χ0) is 22.9. The number of hydrogen-bond acceptors (Lipinski definition) is 3. The normalized spacial score (nSPS) is 21.5. The number of carbonyl (C=O) groups excluding carboxylic acids is 1. The standard InChI is InChI=1S/C23H29F2N3O3S/c1-26-12-5-7-21(26)22-6-3-2-4-13-28(22)23(29)17-10-14-27(15-11-17)32(30,31)18-8-9-19(24)20(25)16-18/h5,7-9,12,16-17,22H,2-4,6,10-11,13-15H2,1H3. The largest absolute Gasteiger partial charge is 0.353 e. The fraction of sp³-hybridized carbons (Fsp3) is 0.522. The lowest BCUT2D eigenvalue weighted by Crippen LogP contribution is -2.45. The van der Waals surface area contributed by atoms with Gasteiger partial charge in [-0.25, -0.2) is 17.2 Å². The van der Waals surface area contributed by atoms with E-state index in [1.807, 2.05) is 24.2 Å². The summed E-state index contributed by atoms with van der Waals surface area (Å²) in [6.45, 7) is 1.07. The molecule has 2 saturated heterocycles. The lowest BCUT2D eigenvalue weighted by Gasteiger charge is -2.36. The minimum atomic E-state index is -3.93. The molecule has 1 amide bonds. The molecule has 174 valence electrons. The maximum Gasteiger partial charge on any atom is 0.243 e. The van der Waals surface area contributed by atoms with E-state index in [1.165, 1.54) is 4.31 Å².